The fraction of sp³-hybridized carbons (Fsp3) is 0.312. The summed E-state index contributed by atoms with van der Waals surface area (Å²) in [5.74, 6) is 0.0388. The summed E-state index contributed by atoms with van der Waals surface area (Å²) in [6.07, 6.45) is -0.117. The van der Waals surface area contributed by atoms with Crippen LogP contribution in [0.2, 0.25) is 5.02 Å². The van der Waals surface area contributed by atoms with Crippen molar-refractivity contribution in [3.05, 3.63) is 47.5 Å². The lowest BCUT2D eigenvalue weighted by Crippen LogP contribution is -2.32. The lowest BCUT2D eigenvalue weighted by Gasteiger charge is -2.29. The summed E-state index contributed by atoms with van der Waals surface area (Å²) in [6, 6.07) is 6.77. The standard InChI is InChI=1S/C16H15ClF3N4/c17-11-4-6-12(7-5-11)22-15-21-10-13(16(18,19)20)14(23-15)24-8-2-1-3-9-24/h1,4-7,10H,2-3,8-9H2,(H,21,22,23). The Balaban J connectivity index is 1.92. The van der Waals surface area contributed by atoms with Crippen LogP contribution in [0.5, 0.6) is 0 Å². The van der Waals surface area contributed by atoms with Crippen LogP contribution in [0.15, 0.2) is 30.5 Å². The molecule has 1 N–H and O–H groups in total. The van der Waals surface area contributed by atoms with E-state index in [0.717, 1.165) is 19.0 Å². The lowest BCUT2D eigenvalue weighted by molar-refractivity contribution is -0.137. The molecule has 1 aromatic carbocycles. The molecule has 0 amide bonds. The number of hydrogen-bond acceptors (Lipinski definition) is 4. The van der Waals surface area contributed by atoms with E-state index in [2.05, 4.69) is 21.7 Å². The van der Waals surface area contributed by atoms with Crippen molar-refractivity contribution in [2.75, 3.05) is 23.3 Å². The molecule has 2 aromatic rings. The van der Waals surface area contributed by atoms with Crippen LogP contribution in [0, 0.1) is 6.42 Å². The number of benzene rings is 1. The molecule has 0 saturated carbocycles. The van der Waals surface area contributed by atoms with E-state index in [-0.39, 0.29) is 11.8 Å². The van der Waals surface area contributed by atoms with E-state index in [0.29, 0.717) is 23.8 Å². The van der Waals surface area contributed by atoms with Crippen LogP contribution < -0.4 is 10.2 Å². The SMILES string of the molecule is FC(F)(F)c1cnc(Nc2ccc(Cl)cc2)nc1N1CC[CH]CC1. The number of alkyl halides is 3. The molecule has 0 atom stereocenters. The predicted molar refractivity (Wildman–Crippen MR) is 87.5 cm³/mol. The summed E-state index contributed by atoms with van der Waals surface area (Å²) in [6.45, 7) is 1.03. The first-order valence-corrected chi connectivity index (χ1v) is 7.85. The molecule has 127 valence electrons. The quantitative estimate of drug-likeness (QED) is 0.866. The minimum Gasteiger partial charge on any atom is -0.356 e. The Hall–Kier alpha value is -2.02. The smallest absolute Gasteiger partial charge is 0.356 e. The summed E-state index contributed by atoms with van der Waals surface area (Å²) in [5.41, 5.74) is -0.164. The van der Waals surface area contributed by atoms with Crippen molar-refractivity contribution in [3.8, 4) is 0 Å². The molecular formula is C16H15ClF3N4. The van der Waals surface area contributed by atoms with Gasteiger partial charge in [-0.25, -0.2) is 4.98 Å². The molecule has 24 heavy (non-hydrogen) atoms. The number of rotatable bonds is 3. The third-order valence-corrected chi connectivity index (χ3v) is 3.93. The van der Waals surface area contributed by atoms with Crippen LogP contribution in [0.1, 0.15) is 18.4 Å². The molecule has 4 nitrogen and oxygen atoms in total. The van der Waals surface area contributed by atoms with Crippen LogP contribution >= 0.6 is 11.6 Å². The second-order valence-corrected chi connectivity index (χ2v) is 5.85. The van der Waals surface area contributed by atoms with Gasteiger partial charge in [0.05, 0.1) is 0 Å². The van der Waals surface area contributed by atoms with E-state index in [9.17, 15) is 13.2 Å². The van der Waals surface area contributed by atoms with Crippen molar-refractivity contribution in [1.29, 1.82) is 0 Å². The number of nitrogens with zero attached hydrogens (tertiary/aromatic N) is 3. The minimum absolute atomic E-state index is 0.0814. The molecule has 1 fully saturated rings. The molecule has 1 aromatic heterocycles. The second-order valence-electron chi connectivity index (χ2n) is 5.41. The van der Waals surface area contributed by atoms with Crippen molar-refractivity contribution in [2.45, 2.75) is 19.0 Å². The maximum atomic E-state index is 13.3. The first-order valence-electron chi connectivity index (χ1n) is 7.47. The molecule has 0 bridgehead atoms. The zero-order chi connectivity index (χ0) is 17.2. The molecule has 1 aliphatic rings. The highest BCUT2D eigenvalue weighted by molar-refractivity contribution is 6.30. The Labute approximate surface area is 142 Å². The summed E-state index contributed by atoms with van der Waals surface area (Å²) in [5, 5.41) is 3.48. The lowest BCUT2D eigenvalue weighted by atomic mass is 10.1. The van der Waals surface area contributed by atoms with Gasteiger partial charge in [0.2, 0.25) is 5.95 Å². The van der Waals surface area contributed by atoms with Crippen molar-refractivity contribution < 1.29 is 13.2 Å². The highest BCUT2D eigenvalue weighted by atomic mass is 35.5. The van der Waals surface area contributed by atoms with Gasteiger partial charge in [-0.15, -0.1) is 0 Å². The van der Waals surface area contributed by atoms with Crippen LogP contribution in [0.4, 0.5) is 30.6 Å². The fourth-order valence-electron chi connectivity index (χ4n) is 2.50. The van der Waals surface area contributed by atoms with E-state index < -0.39 is 11.7 Å². The molecule has 8 heteroatoms. The number of hydrogen-bond donors (Lipinski definition) is 1. The molecule has 1 radical (unpaired) electrons. The Morgan fingerprint density at radius 2 is 1.75 bits per heavy atom. The zero-order valence-corrected chi connectivity index (χ0v) is 13.4. The van der Waals surface area contributed by atoms with Gasteiger partial charge in [-0.2, -0.15) is 18.2 Å². The average Bonchev–Trinajstić information content (AvgIpc) is 2.57. The van der Waals surface area contributed by atoms with Crippen molar-refractivity contribution in [1.82, 2.24) is 9.97 Å². The first-order chi connectivity index (χ1) is 11.4. The molecule has 0 aliphatic carbocycles. The monoisotopic (exact) mass is 355 g/mol. The van der Waals surface area contributed by atoms with Gasteiger partial charge in [0.15, 0.2) is 0 Å². The topological polar surface area (TPSA) is 41.1 Å². The van der Waals surface area contributed by atoms with Gasteiger partial charge in [-0.05, 0) is 43.5 Å². The van der Waals surface area contributed by atoms with Crippen LogP contribution in [-0.4, -0.2) is 23.1 Å². The first kappa shape index (κ1) is 16.8. The Morgan fingerprint density at radius 3 is 2.38 bits per heavy atom. The molecular weight excluding hydrogens is 341 g/mol. The van der Waals surface area contributed by atoms with Crippen molar-refractivity contribution >= 4 is 29.1 Å². The largest absolute Gasteiger partial charge is 0.421 e. The Morgan fingerprint density at radius 1 is 1.08 bits per heavy atom. The van der Waals surface area contributed by atoms with Gasteiger partial charge in [0, 0.05) is 30.0 Å². The van der Waals surface area contributed by atoms with E-state index in [4.69, 9.17) is 11.6 Å². The van der Waals surface area contributed by atoms with Crippen LogP contribution in [0.3, 0.4) is 0 Å². The third kappa shape index (κ3) is 3.90. The van der Waals surface area contributed by atoms with Gasteiger partial charge in [-0.1, -0.05) is 11.6 Å². The minimum atomic E-state index is -4.49. The Kier molecular flexibility index (Phi) is 4.80. The number of nitrogens with one attached hydrogen (secondary N) is 1. The average molecular weight is 356 g/mol. The van der Waals surface area contributed by atoms with Gasteiger partial charge in [0.1, 0.15) is 11.4 Å². The number of piperidine rings is 1. The Bertz CT molecular complexity index is 697. The molecule has 0 spiro atoms. The van der Waals surface area contributed by atoms with Gasteiger partial charge in [-0.3, -0.25) is 0 Å². The van der Waals surface area contributed by atoms with Crippen LogP contribution in [-0.2, 0) is 6.18 Å². The van der Waals surface area contributed by atoms with Crippen molar-refractivity contribution in [2.24, 2.45) is 0 Å². The van der Waals surface area contributed by atoms with Gasteiger partial charge >= 0.3 is 6.18 Å². The number of anilines is 3. The van der Waals surface area contributed by atoms with E-state index >= 15 is 0 Å². The molecule has 3 rings (SSSR count). The number of aromatic nitrogens is 2. The fourth-order valence-corrected chi connectivity index (χ4v) is 2.62. The summed E-state index contributed by atoms with van der Waals surface area (Å²) >= 11 is 5.82. The molecule has 2 heterocycles. The third-order valence-electron chi connectivity index (χ3n) is 3.68. The molecule has 1 saturated heterocycles. The van der Waals surface area contributed by atoms with E-state index in [1.54, 1.807) is 29.2 Å². The predicted octanol–water partition coefficient (Wildman–Crippen LogP) is 4.70. The summed E-state index contributed by atoms with van der Waals surface area (Å²) in [7, 11) is 0. The zero-order valence-electron chi connectivity index (χ0n) is 12.6. The second kappa shape index (κ2) is 6.84. The normalized spacial score (nSPS) is 15.4. The van der Waals surface area contributed by atoms with E-state index in [1.807, 2.05) is 0 Å². The maximum absolute atomic E-state index is 13.3. The number of halogens is 4. The molecule has 1 aliphatic heterocycles. The summed E-state index contributed by atoms with van der Waals surface area (Å²) < 4.78 is 39.8. The van der Waals surface area contributed by atoms with Gasteiger partial charge in [0.25, 0.3) is 0 Å². The summed E-state index contributed by atoms with van der Waals surface area (Å²) in [4.78, 5) is 9.58. The van der Waals surface area contributed by atoms with Crippen molar-refractivity contribution in [3.63, 3.8) is 0 Å². The van der Waals surface area contributed by atoms with Gasteiger partial charge < -0.3 is 10.2 Å². The van der Waals surface area contributed by atoms with E-state index in [1.165, 1.54) is 0 Å². The molecule has 0 unspecified atom stereocenters. The highest BCUT2D eigenvalue weighted by Gasteiger charge is 2.37. The maximum Gasteiger partial charge on any atom is 0.421 e. The highest BCUT2D eigenvalue weighted by Crippen LogP contribution is 2.36. The van der Waals surface area contributed by atoms with Crippen LogP contribution in [0.25, 0.3) is 0 Å².